The zero-order chi connectivity index (χ0) is 14.9. The lowest BCUT2D eigenvalue weighted by Crippen LogP contribution is -2.12. The van der Waals surface area contributed by atoms with Crippen molar-refractivity contribution in [1.29, 1.82) is 0 Å². The molecule has 0 aliphatic rings. The highest BCUT2D eigenvalue weighted by Gasteiger charge is 2.12. The van der Waals surface area contributed by atoms with Gasteiger partial charge in [-0.05, 0) is 58.7 Å². The minimum atomic E-state index is -0.639. The van der Waals surface area contributed by atoms with E-state index in [0.29, 0.717) is 15.2 Å². The molecular weight excluding hydrogens is 368 g/mol. The summed E-state index contributed by atoms with van der Waals surface area (Å²) >= 11 is 14.9. The van der Waals surface area contributed by atoms with Crippen molar-refractivity contribution in [2.45, 2.75) is 6.92 Å². The highest BCUT2D eigenvalue weighted by atomic mass is 79.9. The van der Waals surface area contributed by atoms with Gasteiger partial charge >= 0.3 is 0 Å². The van der Waals surface area contributed by atoms with E-state index in [0.717, 1.165) is 11.6 Å². The van der Waals surface area contributed by atoms with E-state index < -0.39 is 11.7 Å². The van der Waals surface area contributed by atoms with Crippen LogP contribution in [-0.2, 0) is 0 Å². The molecule has 2 aromatic rings. The van der Waals surface area contributed by atoms with Gasteiger partial charge in [0.25, 0.3) is 5.91 Å². The summed E-state index contributed by atoms with van der Waals surface area (Å²) in [7, 11) is 0. The summed E-state index contributed by atoms with van der Waals surface area (Å²) in [5, 5.41) is 3.17. The number of amides is 1. The molecular formula is C14H9BrCl2FNO. The number of carbonyl (C=O) groups excluding carboxylic acids is 1. The van der Waals surface area contributed by atoms with Crippen LogP contribution in [0.2, 0.25) is 10.0 Å². The summed E-state index contributed by atoms with van der Waals surface area (Å²) in [6.45, 7) is 1.85. The van der Waals surface area contributed by atoms with Gasteiger partial charge in [-0.25, -0.2) is 4.39 Å². The minimum Gasteiger partial charge on any atom is -0.321 e. The van der Waals surface area contributed by atoms with Crippen molar-refractivity contribution < 1.29 is 9.18 Å². The molecule has 0 heterocycles. The first-order valence-electron chi connectivity index (χ1n) is 5.60. The van der Waals surface area contributed by atoms with Gasteiger partial charge < -0.3 is 5.32 Å². The molecule has 0 bridgehead atoms. The van der Waals surface area contributed by atoms with Crippen LogP contribution in [-0.4, -0.2) is 5.91 Å². The van der Waals surface area contributed by atoms with E-state index >= 15 is 0 Å². The Morgan fingerprint density at radius 1 is 1.20 bits per heavy atom. The summed E-state index contributed by atoms with van der Waals surface area (Å²) in [4.78, 5) is 12.0. The van der Waals surface area contributed by atoms with Crippen molar-refractivity contribution in [1.82, 2.24) is 0 Å². The summed E-state index contributed by atoms with van der Waals surface area (Å²) in [5.74, 6) is -1.08. The zero-order valence-corrected chi connectivity index (χ0v) is 13.4. The van der Waals surface area contributed by atoms with Crippen molar-refractivity contribution in [2.24, 2.45) is 0 Å². The number of hydrogen-bond donors (Lipinski definition) is 1. The second kappa shape index (κ2) is 6.12. The zero-order valence-electron chi connectivity index (χ0n) is 10.3. The van der Waals surface area contributed by atoms with Gasteiger partial charge in [0, 0.05) is 15.1 Å². The summed E-state index contributed by atoms with van der Waals surface area (Å²) in [6, 6.07) is 7.29. The average molecular weight is 377 g/mol. The van der Waals surface area contributed by atoms with Crippen molar-refractivity contribution in [3.05, 3.63) is 61.8 Å². The van der Waals surface area contributed by atoms with Crippen LogP contribution < -0.4 is 5.32 Å². The predicted molar refractivity (Wildman–Crippen MR) is 83.3 cm³/mol. The van der Waals surface area contributed by atoms with Gasteiger partial charge in [-0.1, -0.05) is 23.2 Å². The third-order valence-corrected chi connectivity index (χ3v) is 4.05. The van der Waals surface area contributed by atoms with Crippen LogP contribution in [0.4, 0.5) is 10.1 Å². The second-order valence-electron chi connectivity index (χ2n) is 4.16. The number of nitrogens with one attached hydrogen (secondary N) is 1. The molecule has 0 radical (unpaired) electrons. The lowest BCUT2D eigenvalue weighted by Gasteiger charge is -2.10. The van der Waals surface area contributed by atoms with E-state index in [1.807, 2.05) is 6.92 Å². The number of aryl methyl sites for hydroxylation is 1. The molecule has 0 saturated carbocycles. The molecule has 2 nitrogen and oxygen atoms in total. The SMILES string of the molecule is Cc1cc(Br)c(NC(=O)c2ccc(Cl)c(F)c2)cc1Cl. The molecule has 0 aliphatic heterocycles. The Morgan fingerprint density at radius 2 is 1.90 bits per heavy atom. The minimum absolute atomic E-state index is 0.0267. The summed E-state index contributed by atoms with van der Waals surface area (Å²) < 4.78 is 14.0. The molecule has 2 aromatic carbocycles. The highest BCUT2D eigenvalue weighted by molar-refractivity contribution is 9.10. The van der Waals surface area contributed by atoms with Gasteiger partial charge in [0.15, 0.2) is 0 Å². The first-order chi connectivity index (χ1) is 9.38. The normalized spacial score (nSPS) is 10.4. The monoisotopic (exact) mass is 375 g/mol. The van der Waals surface area contributed by atoms with E-state index in [-0.39, 0.29) is 10.6 Å². The smallest absolute Gasteiger partial charge is 0.255 e. The molecule has 0 aliphatic carbocycles. The molecule has 104 valence electrons. The lowest BCUT2D eigenvalue weighted by molar-refractivity contribution is 0.102. The van der Waals surface area contributed by atoms with Crippen LogP contribution in [0.3, 0.4) is 0 Å². The Morgan fingerprint density at radius 3 is 2.55 bits per heavy atom. The average Bonchev–Trinajstić information content (AvgIpc) is 2.39. The molecule has 0 fully saturated rings. The van der Waals surface area contributed by atoms with Gasteiger partial charge in [-0.2, -0.15) is 0 Å². The maximum Gasteiger partial charge on any atom is 0.255 e. The first-order valence-corrected chi connectivity index (χ1v) is 7.15. The predicted octanol–water partition coefficient (Wildman–Crippen LogP) is 5.46. The van der Waals surface area contributed by atoms with E-state index in [2.05, 4.69) is 21.2 Å². The highest BCUT2D eigenvalue weighted by Crippen LogP contribution is 2.29. The van der Waals surface area contributed by atoms with Crippen LogP contribution in [0.5, 0.6) is 0 Å². The third kappa shape index (κ3) is 3.32. The van der Waals surface area contributed by atoms with Crippen molar-refractivity contribution in [3.63, 3.8) is 0 Å². The Hall–Kier alpha value is -1.10. The fraction of sp³-hybridized carbons (Fsp3) is 0.0714. The van der Waals surface area contributed by atoms with Crippen LogP contribution in [0.15, 0.2) is 34.8 Å². The van der Waals surface area contributed by atoms with Crippen LogP contribution in [0.25, 0.3) is 0 Å². The molecule has 0 atom stereocenters. The van der Waals surface area contributed by atoms with E-state index in [9.17, 15) is 9.18 Å². The van der Waals surface area contributed by atoms with Crippen molar-refractivity contribution >= 4 is 50.7 Å². The van der Waals surface area contributed by atoms with Crippen molar-refractivity contribution in [2.75, 3.05) is 5.32 Å². The molecule has 1 amide bonds. The van der Waals surface area contributed by atoms with Crippen LogP contribution >= 0.6 is 39.1 Å². The van der Waals surface area contributed by atoms with E-state index in [4.69, 9.17) is 23.2 Å². The molecule has 6 heteroatoms. The molecule has 0 saturated heterocycles. The largest absolute Gasteiger partial charge is 0.321 e. The number of hydrogen-bond acceptors (Lipinski definition) is 1. The Bertz CT molecular complexity index is 691. The standard InChI is InChI=1S/C14H9BrCl2FNO/c1-7-4-9(15)13(6-11(7)17)19-14(20)8-2-3-10(16)12(18)5-8/h2-6H,1H3,(H,19,20). The molecule has 0 spiro atoms. The Balaban J connectivity index is 2.27. The fourth-order valence-electron chi connectivity index (χ4n) is 1.57. The Kier molecular flexibility index (Phi) is 4.68. The van der Waals surface area contributed by atoms with E-state index in [1.54, 1.807) is 12.1 Å². The molecule has 20 heavy (non-hydrogen) atoms. The number of benzene rings is 2. The number of carbonyl (C=O) groups is 1. The summed E-state index contributed by atoms with van der Waals surface area (Å²) in [6.07, 6.45) is 0. The molecule has 1 N–H and O–H groups in total. The second-order valence-corrected chi connectivity index (χ2v) is 5.83. The van der Waals surface area contributed by atoms with Gasteiger partial charge in [0.1, 0.15) is 5.82 Å². The van der Waals surface area contributed by atoms with Crippen LogP contribution in [0, 0.1) is 12.7 Å². The van der Waals surface area contributed by atoms with Gasteiger partial charge in [0.05, 0.1) is 10.7 Å². The topological polar surface area (TPSA) is 29.1 Å². The maximum absolute atomic E-state index is 13.3. The van der Waals surface area contributed by atoms with Crippen LogP contribution in [0.1, 0.15) is 15.9 Å². The lowest BCUT2D eigenvalue weighted by atomic mass is 10.2. The van der Waals surface area contributed by atoms with Gasteiger partial charge in [-0.3, -0.25) is 4.79 Å². The third-order valence-electron chi connectivity index (χ3n) is 2.68. The quantitative estimate of drug-likeness (QED) is 0.741. The van der Waals surface area contributed by atoms with Crippen molar-refractivity contribution in [3.8, 4) is 0 Å². The van der Waals surface area contributed by atoms with Gasteiger partial charge in [-0.15, -0.1) is 0 Å². The summed E-state index contributed by atoms with van der Waals surface area (Å²) in [5.41, 5.74) is 1.57. The first kappa shape index (κ1) is 15.3. The molecule has 0 unspecified atom stereocenters. The van der Waals surface area contributed by atoms with Gasteiger partial charge in [0.2, 0.25) is 0 Å². The Labute approximate surface area is 134 Å². The molecule has 0 aromatic heterocycles. The maximum atomic E-state index is 13.3. The number of anilines is 1. The van der Waals surface area contributed by atoms with E-state index in [1.165, 1.54) is 12.1 Å². The number of rotatable bonds is 2. The molecule has 2 rings (SSSR count). The number of halogens is 4. The fourth-order valence-corrected chi connectivity index (χ4v) is 2.41.